The second kappa shape index (κ2) is 68.2. The summed E-state index contributed by atoms with van der Waals surface area (Å²) in [6.45, 7) is 46.7. The molecule has 0 saturated heterocycles. The van der Waals surface area contributed by atoms with Crippen LogP contribution in [0.5, 0.6) is 5.75 Å². The van der Waals surface area contributed by atoms with Crippen molar-refractivity contribution in [2.45, 2.75) is 166 Å². The number of phenolic OH excluding ortho intramolecular Hbond substituents is 1. The number of hydrogen-bond acceptors (Lipinski definition) is 23. The molecule has 17 rings (SSSR count). The molecule has 0 saturated carbocycles. The number of hydrogen-bond donors (Lipinski definition) is 7. The number of thiazole rings is 2. The van der Waals surface area contributed by atoms with Crippen LogP contribution < -0.4 is 34.4 Å². The minimum Gasteiger partial charge on any atom is -0.508 e. The molecule has 0 aliphatic heterocycles. The van der Waals surface area contributed by atoms with E-state index in [-0.39, 0.29) is 16.8 Å². The van der Waals surface area contributed by atoms with Gasteiger partial charge in [-0.3, -0.25) is 15.0 Å². The number of aromatic hydroxyl groups is 1. The lowest BCUT2D eigenvalue weighted by Gasteiger charge is -1.97. The number of anilines is 6. The van der Waals surface area contributed by atoms with Crippen molar-refractivity contribution in [2.24, 2.45) is 0 Å². The van der Waals surface area contributed by atoms with Crippen LogP contribution in [0.3, 0.4) is 0 Å². The van der Waals surface area contributed by atoms with Gasteiger partial charge in [0, 0.05) is 91.5 Å². The maximum atomic E-state index is 12.6. The van der Waals surface area contributed by atoms with E-state index in [1.165, 1.54) is 72.6 Å². The lowest BCUT2D eigenvalue weighted by Crippen LogP contribution is -1.94. The topological polar surface area (TPSA) is 318 Å². The van der Waals surface area contributed by atoms with Crippen molar-refractivity contribution in [1.29, 1.82) is 0 Å². The highest BCUT2D eigenvalue weighted by molar-refractivity contribution is 7.16. The molecule has 0 spiro atoms. The zero-order valence-corrected chi connectivity index (χ0v) is 85.3. The molecule has 0 fully saturated rings. The van der Waals surface area contributed by atoms with E-state index < -0.39 is 5.82 Å². The molecule has 0 aliphatic rings. The number of thiophene rings is 3. The fraction of sp³-hybridized carbons (Fsp3) is 0.229. The Labute approximate surface area is 806 Å². The van der Waals surface area contributed by atoms with E-state index in [1.54, 1.807) is 109 Å². The van der Waals surface area contributed by atoms with Gasteiger partial charge in [0.25, 0.3) is 0 Å². The lowest BCUT2D eigenvalue weighted by atomic mass is 10.2. The molecule has 0 atom stereocenters. The van der Waals surface area contributed by atoms with Crippen LogP contribution in [-0.2, 0) is 0 Å². The van der Waals surface area contributed by atoms with Crippen LogP contribution in [0.4, 0.5) is 46.2 Å². The van der Waals surface area contributed by atoms with Crippen molar-refractivity contribution >= 4 is 101 Å². The highest BCUT2D eigenvalue weighted by atomic mass is 35.5. The number of para-hydroxylation sites is 1. The second-order valence-corrected chi connectivity index (χ2v) is 35.9. The minimum absolute atomic E-state index is 0.0689. The number of pyridine rings is 5. The molecule has 5 aromatic carbocycles. The van der Waals surface area contributed by atoms with Gasteiger partial charge >= 0.3 is 0 Å². The van der Waals surface area contributed by atoms with Gasteiger partial charge in [0.1, 0.15) is 39.8 Å². The third kappa shape index (κ3) is 61.5. The first kappa shape index (κ1) is 117. The van der Waals surface area contributed by atoms with E-state index >= 15 is 0 Å². The summed E-state index contributed by atoms with van der Waals surface area (Å²) in [6, 6.07) is 67.5. The smallest absolute Gasteiger partial charge is 0.164 e. The molecule has 13 N–H and O–H groups in total. The van der Waals surface area contributed by atoms with Crippen LogP contribution in [0.1, 0.15) is 131 Å². The maximum absolute atomic E-state index is 12.6. The highest BCUT2D eigenvalue weighted by Gasteiger charge is 2.00. The summed E-state index contributed by atoms with van der Waals surface area (Å²) in [4.78, 5) is 39.1. The number of phenols is 1. The quantitative estimate of drug-likeness (QED) is 0.0548. The van der Waals surface area contributed by atoms with Crippen molar-refractivity contribution in [2.75, 3.05) is 34.4 Å². The first-order valence-electron chi connectivity index (χ1n) is 41.6. The predicted molar refractivity (Wildman–Crippen MR) is 561 cm³/mol. The molecule has 0 unspecified atom stereocenters. The highest BCUT2D eigenvalue weighted by Crippen LogP contribution is 2.18. The van der Waals surface area contributed by atoms with E-state index in [4.69, 9.17) is 51.1 Å². The first-order chi connectivity index (χ1) is 62.4. The Hall–Kier alpha value is -13.0. The van der Waals surface area contributed by atoms with Gasteiger partial charge in [-0.2, -0.15) is 10.2 Å². The molecule has 0 bridgehead atoms. The van der Waals surface area contributed by atoms with Gasteiger partial charge < -0.3 is 39.5 Å². The van der Waals surface area contributed by atoms with Crippen LogP contribution in [0.15, 0.2) is 278 Å². The SMILES string of the molecule is Cc1cc(N)cs1.Cc1ccc(C)c(F)c1.Cc1ccc(C)c(N)n1.Cc1ccc(C)cc1.Cc1ccc(C)nc1.Cc1ccc(C)nn1.Cc1ccc(N)s1.Cc1cccc(O)c1.Cc1ccccc1.Cc1ccccc1N.Cc1cccnc1N.Cc1cccs1.Cc1cnc(C)c(F)c1.Cc1cnc(C)nc1.Cc1cnc(Cl)c(F)c1.Cc1ncc(N)s1.Cc1nccs1. The number of aryl methyl sites for hydroxylation is 24. The largest absolute Gasteiger partial charge is 0.508 e. The molecule has 0 radical (unpaired) electrons. The summed E-state index contributed by atoms with van der Waals surface area (Å²) in [7, 11) is 0. The molecular weight excluding hydrogens is 1770 g/mol. The van der Waals surface area contributed by atoms with Crippen LogP contribution >= 0.6 is 68.3 Å². The van der Waals surface area contributed by atoms with Crippen LogP contribution in [0, 0.1) is 184 Å². The monoisotopic (exact) mass is 1900 g/mol. The van der Waals surface area contributed by atoms with Gasteiger partial charge in [-0.05, 0) is 318 Å². The van der Waals surface area contributed by atoms with Crippen LogP contribution in [0.25, 0.3) is 0 Å². The number of nitrogen functional groups attached to an aromatic ring is 6. The van der Waals surface area contributed by atoms with Crippen molar-refractivity contribution < 1.29 is 18.3 Å². The summed E-state index contributed by atoms with van der Waals surface area (Å²) >= 11 is 13.5. The fourth-order valence-corrected chi connectivity index (χ4v) is 11.6. The van der Waals surface area contributed by atoms with Gasteiger partial charge in [0.05, 0.1) is 38.3 Å². The Morgan fingerprint density at radius 2 is 0.818 bits per heavy atom. The number of nitrogens with two attached hydrogens (primary N) is 6. The van der Waals surface area contributed by atoms with Crippen molar-refractivity contribution in [3.63, 3.8) is 0 Å². The zero-order chi connectivity index (χ0) is 99.0. The van der Waals surface area contributed by atoms with Gasteiger partial charge in [0.2, 0.25) is 0 Å². The Bertz CT molecular complexity index is 5140. The minimum atomic E-state index is -0.461. The number of aromatic nitrogens is 11. The normalized spacial score (nSPS) is 9.27. The Morgan fingerprint density at radius 3 is 1.13 bits per heavy atom. The Balaban J connectivity index is 0.000000702. The van der Waals surface area contributed by atoms with E-state index in [0.29, 0.717) is 28.6 Å². The maximum Gasteiger partial charge on any atom is 0.164 e. The van der Waals surface area contributed by atoms with Crippen LogP contribution in [0.2, 0.25) is 5.15 Å². The molecular formula is C105H131ClF3N17OS5. The van der Waals surface area contributed by atoms with E-state index in [1.807, 2.05) is 268 Å². The summed E-state index contributed by atoms with van der Waals surface area (Å²) in [5.74, 6) is 1.62. The molecule has 12 aromatic heterocycles. The number of halogens is 4. The Kier molecular flexibility index (Phi) is 60.4. The van der Waals surface area contributed by atoms with Gasteiger partial charge in [-0.25, -0.2) is 43.1 Å². The summed E-state index contributed by atoms with van der Waals surface area (Å²) in [6.07, 6.45) is 13.8. The molecule has 0 aliphatic carbocycles. The number of rotatable bonds is 0. The average molecular weight is 1900 g/mol. The molecule has 132 heavy (non-hydrogen) atoms. The zero-order valence-electron chi connectivity index (χ0n) is 80.4. The molecule has 27 heteroatoms. The average Bonchev–Trinajstić information content (AvgIpc) is 1.13. The number of nitrogens with zero attached hydrogens (tertiary/aromatic N) is 11. The van der Waals surface area contributed by atoms with Gasteiger partial charge in [-0.15, -0.1) is 56.7 Å². The summed E-state index contributed by atoms with van der Waals surface area (Å²) < 4.78 is 37.5. The summed E-state index contributed by atoms with van der Waals surface area (Å²) in [5.41, 5.74) is 52.7. The van der Waals surface area contributed by atoms with Crippen molar-refractivity contribution in [3.05, 3.63) is 432 Å². The fourth-order valence-electron chi connectivity index (χ4n) is 8.76. The molecule has 0 amide bonds. The molecule has 12 heterocycles. The van der Waals surface area contributed by atoms with E-state index in [2.05, 4.69) is 143 Å². The van der Waals surface area contributed by atoms with E-state index in [0.717, 1.165) is 104 Å². The third-order valence-electron chi connectivity index (χ3n) is 16.4. The Morgan fingerprint density at radius 1 is 0.303 bits per heavy atom. The van der Waals surface area contributed by atoms with Crippen molar-refractivity contribution in [1.82, 2.24) is 55.1 Å². The molecule has 18 nitrogen and oxygen atoms in total. The van der Waals surface area contributed by atoms with E-state index in [9.17, 15) is 13.2 Å². The number of benzene rings is 5. The molecule has 700 valence electrons. The first-order valence-corrected chi connectivity index (χ1v) is 46.2. The van der Waals surface area contributed by atoms with Crippen molar-refractivity contribution in [3.8, 4) is 5.75 Å². The lowest BCUT2D eigenvalue weighted by molar-refractivity contribution is 0.475. The summed E-state index contributed by atoms with van der Waals surface area (Å²) in [5, 5.41) is 26.2. The van der Waals surface area contributed by atoms with Crippen LogP contribution in [-0.4, -0.2) is 60.2 Å². The van der Waals surface area contributed by atoms with Gasteiger partial charge in [0.15, 0.2) is 11.0 Å². The molecule has 17 aromatic rings. The standard InChI is InChI=1S/C8H9F.C8H10.C7H8FN.C7H10N2.2C7H9N.C7H8O.C7H8.C6H5ClFN.3C6H8N2.2C5H7NS.C5H6S.C4H6N2S.C4H5NS/c1-6-3-4-7(2)8(9)5-6;1-7-3-5-8(2)6-4-7;1-5-3-7(8)6(2)9-4-5;1-5-3-4-6(2)9-7(5)8;1-6-3-4-7(2)8-5-6;1-6-4-2-3-5-7(6)8;1-6-3-2-4-7(8)5-6;1-7-5-3-2-4-6-7;1-4-2-5(8)6(7)9-3-4;1-5-3-7-6(2)8-4-5;1-5-3-4-6(2)8-7-5;1-5-3-2-4-8-6(5)7;1-4-2-5(6)3-7-4;1-4-2-3-5(6)7-4;1-5-3-2-4-6-5;1-3-6-2-4(5)7-3;1-4-5-2-3-6-4/h3-5H,1-2H3;3-6H,1-2H3;3-4H,1-2H3;3-4H,1-2H3,(H2,8,9);3-5H,1-2H3;2-5H,8H2,1H3;2-5,8H,1H3;2-6H,1H3;2-3H,1H3;2*3-4H,1-2H3;2-4H,1H3,(H2,7,8);2*2-3H,6H2,1H3;2-4H,1H3;2H,5H2,1H3;2-3H,1H3. The third-order valence-corrected chi connectivity index (χ3v) is 20.6. The second-order valence-electron chi connectivity index (χ2n) is 29.6. The predicted octanol–water partition coefficient (Wildman–Crippen LogP) is 28.0. The van der Waals surface area contributed by atoms with Gasteiger partial charge in [-0.1, -0.05) is 150 Å².